The number of thiazole rings is 1. The Morgan fingerprint density at radius 3 is 2.38 bits per heavy atom. The first-order chi connectivity index (χ1) is 12.6. The highest BCUT2D eigenvalue weighted by Gasteiger charge is 2.14. The van der Waals surface area contributed by atoms with Crippen LogP contribution in [0.3, 0.4) is 0 Å². The van der Waals surface area contributed by atoms with Crippen molar-refractivity contribution in [1.82, 2.24) is 4.98 Å². The number of esters is 1. The minimum Gasteiger partial charge on any atom is -0.456 e. The third kappa shape index (κ3) is 4.12. The summed E-state index contributed by atoms with van der Waals surface area (Å²) in [5.41, 5.74) is 3.13. The fourth-order valence-corrected chi connectivity index (χ4v) is 3.12. The van der Waals surface area contributed by atoms with Crippen LogP contribution in [0.5, 0.6) is 0 Å². The van der Waals surface area contributed by atoms with E-state index in [1.54, 1.807) is 17.5 Å². The van der Waals surface area contributed by atoms with Gasteiger partial charge in [-0.2, -0.15) is 0 Å². The van der Waals surface area contributed by atoms with Crippen LogP contribution < -0.4 is 0 Å². The first-order valence-corrected chi connectivity index (χ1v) is 8.90. The Labute approximate surface area is 154 Å². The summed E-state index contributed by atoms with van der Waals surface area (Å²) >= 11 is 1.38. The molecule has 7 heteroatoms. The lowest BCUT2D eigenvalue weighted by Gasteiger charge is -2.03. The van der Waals surface area contributed by atoms with Crippen LogP contribution in [0, 0.1) is 10.1 Å². The Bertz CT molecular complexity index is 917. The molecular formula is C19H16N2O4S. The Kier molecular flexibility index (Phi) is 5.38. The molecule has 0 spiro atoms. The van der Waals surface area contributed by atoms with Gasteiger partial charge in [0.25, 0.3) is 5.69 Å². The molecule has 26 heavy (non-hydrogen) atoms. The SMILES string of the molecule is CCc1ccc(-c2nc(C(=O)OCc3ccc([N+](=O)[O-])cc3)cs2)cc1. The number of nitro groups is 1. The number of hydrogen-bond acceptors (Lipinski definition) is 6. The number of nitrogens with zero attached hydrogens (tertiary/aromatic N) is 2. The summed E-state index contributed by atoms with van der Waals surface area (Å²) in [5.74, 6) is -0.518. The molecule has 132 valence electrons. The number of carbonyl (C=O) groups is 1. The molecule has 0 radical (unpaired) electrons. The summed E-state index contributed by atoms with van der Waals surface area (Å²) in [6.45, 7) is 2.13. The number of aromatic nitrogens is 1. The topological polar surface area (TPSA) is 82.3 Å². The minimum absolute atomic E-state index is 0.00156. The number of benzene rings is 2. The fourth-order valence-electron chi connectivity index (χ4n) is 2.32. The van der Waals surface area contributed by atoms with Crippen molar-refractivity contribution in [3.05, 3.63) is 80.8 Å². The molecule has 0 unspecified atom stereocenters. The molecule has 0 atom stereocenters. The Balaban J connectivity index is 1.63. The second-order valence-electron chi connectivity index (χ2n) is 5.59. The number of ether oxygens (including phenoxy) is 1. The summed E-state index contributed by atoms with van der Waals surface area (Å²) in [4.78, 5) is 26.7. The highest BCUT2D eigenvalue weighted by atomic mass is 32.1. The van der Waals surface area contributed by atoms with Crippen molar-refractivity contribution in [2.24, 2.45) is 0 Å². The zero-order valence-electron chi connectivity index (χ0n) is 14.0. The van der Waals surface area contributed by atoms with Gasteiger partial charge in [-0.3, -0.25) is 10.1 Å². The number of rotatable bonds is 6. The summed E-state index contributed by atoms with van der Waals surface area (Å²) in [6.07, 6.45) is 0.971. The maximum absolute atomic E-state index is 12.2. The number of nitro benzene ring substituents is 1. The van der Waals surface area contributed by atoms with Crippen molar-refractivity contribution < 1.29 is 14.5 Å². The van der Waals surface area contributed by atoms with Gasteiger partial charge in [0, 0.05) is 23.1 Å². The van der Waals surface area contributed by atoms with Gasteiger partial charge in [0.15, 0.2) is 5.69 Å². The first-order valence-electron chi connectivity index (χ1n) is 8.02. The van der Waals surface area contributed by atoms with E-state index in [0.29, 0.717) is 5.56 Å². The van der Waals surface area contributed by atoms with E-state index >= 15 is 0 Å². The number of aryl methyl sites for hydroxylation is 1. The molecule has 0 saturated carbocycles. The number of non-ortho nitro benzene ring substituents is 1. The van der Waals surface area contributed by atoms with Gasteiger partial charge in [0.05, 0.1) is 4.92 Å². The molecule has 0 aliphatic carbocycles. The molecule has 0 saturated heterocycles. The van der Waals surface area contributed by atoms with Crippen molar-refractivity contribution in [2.45, 2.75) is 20.0 Å². The van der Waals surface area contributed by atoms with Crippen LogP contribution in [-0.4, -0.2) is 15.9 Å². The lowest BCUT2D eigenvalue weighted by molar-refractivity contribution is -0.384. The molecule has 0 N–H and O–H groups in total. The monoisotopic (exact) mass is 368 g/mol. The standard InChI is InChI=1S/C19H16N2O4S/c1-2-13-3-7-15(8-4-13)18-20-17(12-26-18)19(22)25-11-14-5-9-16(10-6-14)21(23)24/h3-10,12H,2,11H2,1H3. The fraction of sp³-hybridized carbons (Fsp3) is 0.158. The molecule has 2 aromatic carbocycles. The molecule has 0 aliphatic rings. The van der Waals surface area contributed by atoms with Crippen LogP contribution >= 0.6 is 11.3 Å². The average molecular weight is 368 g/mol. The molecule has 0 fully saturated rings. The van der Waals surface area contributed by atoms with Gasteiger partial charge in [-0.1, -0.05) is 31.2 Å². The van der Waals surface area contributed by atoms with Crippen LogP contribution in [0.15, 0.2) is 53.9 Å². The lowest BCUT2D eigenvalue weighted by Crippen LogP contribution is -2.05. The van der Waals surface area contributed by atoms with Gasteiger partial charge in [0.1, 0.15) is 11.6 Å². The van der Waals surface area contributed by atoms with Gasteiger partial charge in [-0.05, 0) is 29.7 Å². The van der Waals surface area contributed by atoms with Crippen molar-refractivity contribution in [3.63, 3.8) is 0 Å². The highest BCUT2D eigenvalue weighted by molar-refractivity contribution is 7.13. The maximum Gasteiger partial charge on any atom is 0.358 e. The summed E-state index contributed by atoms with van der Waals surface area (Å²) in [7, 11) is 0. The average Bonchev–Trinajstić information content (AvgIpc) is 3.17. The lowest BCUT2D eigenvalue weighted by atomic mass is 10.1. The largest absolute Gasteiger partial charge is 0.456 e. The maximum atomic E-state index is 12.2. The summed E-state index contributed by atoms with van der Waals surface area (Å²) < 4.78 is 5.24. The molecule has 1 heterocycles. The molecule has 3 aromatic rings. The smallest absolute Gasteiger partial charge is 0.358 e. The van der Waals surface area contributed by atoms with Crippen molar-refractivity contribution in [1.29, 1.82) is 0 Å². The van der Waals surface area contributed by atoms with Gasteiger partial charge >= 0.3 is 5.97 Å². The Morgan fingerprint density at radius 2 is 1.77 bits per heavy atom. The van der Waals surface area contributed by atoms with Gasteiger partial charge < -0.3 is 4.74 Å². The molecule has 6 nitrogen and oxygen atoms in total. The van der Waals surface area contributed by atoms with Gasteiger partial charge in [0.2, 0.25) is 0 Å². The number of carbonyl (C=O) groups excluding carboxylic acids is 1. The van der Waals surface area contributed by atoms with Gasteiger partial charge in [-0.25, -0.2) is 9.78 Å². The summed E-state index contributed by atoms with van der Waals surface area (Å²) in [6, 6.07) is 14.0. The molecule has 0 amide bonds. The third-order valence-electron chi connectivity index (χ3n) is 3.84. The van der Waals surface area contributed by atoms with Crippen LogP contribution in [0.4, 0.5) is 5.69 Å². The van der Waals surface area contributed by atoms with Crippen LogP contribution in [0.2, 0.25) is 0 Å². The molecule has 1 aromatic heterocycles. The third-order valence-corrected chi connectivity index (χ3v) is 4.73. The number of hydrogen-bond donors (Lipinski definition) is 0. The summed E-state index contributed by atoms with van der Waals surface area (Å²) in [5, 5.41) is 13.1. The van der Waals surface area contributed by atoms with Crippen molar-refractivity contribution in [3.8, 4) is 10.6 Å². The molecule has 0 aliphatic heterocycles. The zero-order valence-corrected chi connectivity index (χ0v) is 14.9. The van der Waals surface area contributed by atoms with E-state index in [0.717, 1.165) is 17.0 Å². The van der Waals surface area contributed by atoms with Gasteiger partial charge in [-0.15, -0.1) is 11.3 Å². The second kappa shape index (κ2) is 7.88. The van der Waals surface area contributed by atoms with Crippen molar-refractivity contribution >= 4 is 23.0 Å². The van der Waals surface area contributed by atoms with Crippen LogP contribution in [0.1, 0.15) is 28.5 Å². The van der Waals surface area contributed by atoms with E-state index in [2.05, 4.69) is 11.9 Å². The van der Waals surface area contributed by atoms with Crippen LogP contribution in [0.25, 0.3) is 10.6 Å². The zero-order chi connectivity index (χ0) is 18.5. The van der Waals surface area contributed by atoms with E-state index in [4.69, 9.17) is 4.74 Å². The Hall–Kier alpha value is -3.06. The first kappa shape index (κ1) is 17.8. The molecule has 3 rings (SSSR count). The predicted molar refractivity (Wildman–Crippen MR) is 99.1 cm³/mol. The van der Waals surface area contributed by atoms with E-state index < -0.39 is 10.9 Å². The van der Waals surface area contributed by atoms with E-state index in [9.17, 15) is 14.9 Å². The highest BCUT2D eigenvalue weighted by Crippen LogP contribution is 2.24. The van der Waals surface area contributed by atoms with E-state index in [1.807, 2.05) is 24.3 Å². The second-order valence-corrected chi connectivity index (χ2v) is 6.45. The van der Waals surface area contributed by atoms with Crippen molar-refractivity contribution in [2.75, 3.05) is 0 Å². The predicted octanol–water partition coefficient (Wildman–Crippen LogP) is 4.64. The van der Waals surface area contributed by atoms with Crippen LogP contribution in [-0.2, 0) is 17.8 Å². The molecule has 0 bridgehead atoms. The normalized spacial score (nSPS) is 10.5. The van der Waals surface area contributed by atoms with E-state index in [1.165, 1.54) is 29.0 Å². The quantitative estimate of drug-likeness (QED) is 0.360. The Morgan fingerprint density at radius 1 is 1.12 bits per heavy atom. The van der Waals surface area contributed by atoms with E-state index in [-0.39, 0.29) is 18.0 Å². The minimum atomic E-state index is -0.518. The molecular weight excluding hydrogens is 352 g/mol.